The topological polar surface area (TPSA) is 66.9 Å². The molecule has 0 aliphatic carbocycles. The number of nitriles is 1. The van der Waals surface area contributed by atoms with Gasteiger partial charge < -0.3 is 0 Å². The van der Waals surface area contributed by atoms with Crippen LogP contribution in [0.25, 0.3) is 0 Å². The lowest BCUT2D eigenvalue weighted by molar-refractivity contribution is -0.385. The first-order chi connectivity index (χ1) is 6.57. The van der Waals surface area contributed by atoms with Crippen LogP contribution in [0.15, 0.2) is 12.1 Å². The van der Waals surface area contributed by atoms with Gasteiger partial charge in [0.25, 0.3) is 5.69 Å². The largest absolute Gasteiger partial charge is 0.291 e. The van der Waals surface area contributed by atoms with E-state index in [2.05, 4.69) is 0 Å². The molecule has 4 nitrogen and oxygen atoms in total. The number of halogens is 1. The van der Waals surface area contributed by atoms with Gasteiger partial charge >= 0.3 is 0 Å². The average molecular weight is 211 g/mol. The van der Waals surface area contributed by atoms with Gasteiger partial charge in [0, 0.05) is 5.56 Å². The van der Waals surface area contributed by atoms with Crippen molar-refractivity contribution in [3.8, 4) is 6.07 Å². The Bertz CT molecular complexity index is 424. The van der Waals surface area contributed by atoms with E-state index in [4.69, 9.17) is 16.9 Å². The Hall–Kier alpha value is -1.60. The van der Waals surface area contributed by atoms with Crippen LogP contribution in [0, 0.1) is 28.4 Å². The monoisotopic (exact) mass is 210 g/mol. The van der Waals surface area contributed by atoms with E-state index in [1.165, 1.54) is 0 Å². The maximum absolute atomic E-state index is 10.6. The highest BCUT2D eigenvalue weighted by Gasteiger charge is 2.18. The zero-order valence-corrected chi connectivity index (χ0v) is 8.21. The van der Waals surface area contributed by atoms with Gasteiger partial charge in [-0.3, -0.25) is 10.1 Å². The molecule has 0 radical (unpaired) electrons. The first-order valence-corrected chi connectivity index (χ1v) is 4.25. The van der Waals surface area contributed by atoms with E-state index < -0.39 is 4.92 Å². The normalized spacial score (nSPS) is 9.50. The van der Waals surface area contributed by atoms with Crippen molar-refractivity contribution in [1.29, 1.82) is 5.26 Å². The molecule has 1 rings (SSSR count). The first-order valence-electron chi connectivity index (χ1n) is 3.87. The van der Waals surface area contributed by atoms with Gasteiger partial charge in [0.2, 0.25) is 0 Å². The van der Waals surface area contributed by atoms with Crippen molar-refractivity contribution in [3.05, 3.63) is 38.4 Å². The molecular formula is C9H7ClN2O2. The number of aryl methyl sites for hydroxylation is 1. The Kier molecular flexibility index (Phi) is 3.05. The molecule has 0 aliphatic rings. The first kappa shape index (κ1) is 10.5. The molecule has 1 aromatic rings. The van der Waals surface area contributed by atoms with Crippen molar-refractivity contribution in [1.82, 2.24) is 0 Å². The van der Waals surface area contributed by atoms with Crippen molar-refractivity contribution >= 4 is 17.3 Å². The predicted octanol–water partition coefficient (Wildman–Crippen LogP) is 2.62. The van der Waals surface area contributed by atoms with Gasteiger partial charge in [-0.05, 0) is 12.5 Å². The second-order valence-corrected chi connectivity index (χ2v) is 3.17. The zero-order chi connectivity index (χ0) is 10.7. The second kappa shape index (κ2) is 4.07. The van der Waals surface area contributed by atoms with Gasteiger partial charge in [0.1, 0.15) is 5.02 Å². The third-order valence-electron chi connectivity index (χ3n) is 1.85. The molecule has 0 unspecified atom stereocenters. The number of nitrogens with zero attached hydrogens (tertiary/aromatic N) is 2. The SMILES string of the molecule is Cc1ccc(CC#N)c(Cl)c1[N+](=O)[O-]. The van der Waals surface area contributed by atoms with Crippen LogP contribution in [-0.4, -0.2) is 4.92 Å². The molecule has 5 heteroatoms. The lowest BCUT2D eigenvalue weighted by atomic mass is 10.1. The highest BCUT2D eigenvalue weighted by atomic mass is 35.5. The van der Waals surface area contributed by atoms with Crippen LogP contribution in [0.1, 0.15) is 11.1 Å². The summed E-state index contributed by atoms with van der Waals surface area (Å²) in [5.74, 6) is 0. The molecule has 0 aromatic heterocycles. The molecule has 1 aromatic carbocycles. The van der Waals surface area contributed by atoms with Crippen LogP contribution in [0.5, 0.6) is 0 Å². The summed E-state index contributed by atoms with van der Waals surface area (Å²) in [6.07, 6.45) is 0.0833. The van der Waals surface area contributed by atoms with E-state index in [0.29, 0.717) is 11.1 Å². The molecule has 0 atom stereocenters. The number of nitro benzene ring substituents is 1. The summed E-state index contributed by atoms with van der Waals surface area (Å²) in [6, 6.07) is 5.13. The maximum Gasteiger partial charge on any atom is 0.291 e. The Morgan fingerprint density at radius 1 is 1.64 bits per heavy atom. The van der Waals surface area contributed by atoms with Gasteiger partial charge in [0.05, 0.1) is 17.4 Å². The fourth-order valence-electron chi connectivity index (χ4n) is 1.15. The summed E-state index contributed by atoms with van der Waals surface area (Å²) >= 11 is 5.80. The maximum atomic E-state index is 10.6. The van der Waals surface area contributed by atoms with Crippen molar-refractivity contribution in [2.75, 3.05) is 0 Å². The van der Waals surface area contributed by atoms with Crippen LogP contribution >= 0.6 is 11.6 Å². The smallest absolute Gasteiger partial charge is 0.258 e. The molecule has 0 amide bonds. The van der Waals surface area contributed by atoms with Gasteiger partial charge in [-0.15, -0.1) is 0 Å². The zero-order valence-electron chi connectivity index (χ0n) is 7.45. The summed E-state index contributed by atoms with van der Waals surface area (Å²) in [6.45, 7) is 1.61. The molecular weight excluding hydrogens is 204 g/mol. The molecule has 0 fully saturated rings. The highest BCUT2D eigenvalue weighted by Crippen LogP contribution is 2.31. The minimum Gasteiger partial charge on any atom is -0.258 e. The molecule has 0 saturated heterocycles. The van der Waals surface area contributed by atoms with E-state index in [0.717, 1.165) is 0 Å². The summed E-state index contributed by atoms with van der Waals surface area (Å²) < 4.78 is 0. The Morgan fingerprint density at radius 3 is 2.79 bits per heavy atom. The van der Waals surface area contributed by atoms with E-state index in [1.807, 2.05) is 6.07 Å². The number of hydrogen-bond donors (Lipinski definition) is 0. The minimum atomic E-state index is -0.529. The lowest BCUT2D eigenvalue weighted by Crippen LogP contribution is -1.96. The molecule has 0 bridgehead atoms. The Morgan fingerprint density at radius 2 is 2.29 bits per heavy atom. The fourth-order valence-corrected chi connectivity index (χ4v) is 1.50. The number of hydrogen-bond acceptors (Lipinski definition) is 3. The summed E-state index contributed by atoms with van der Waals surface area (Å²) in [5, 5.41) is 19.2. The van der Waals surface area contributed by atoms with Crippen LogP contribution in [0.2, 0.25) is 5.02 Å². The number of nitro groups is 1. The van der Waals surface area contributed by atoms with Crippen LogP contribution in [0.4, 0.5) is 5.69 Å². The molecule has 0 spiro atoms. The molecule has 0 aliphatic heterocycles. The van der Waals surface area contributed by atoms with E-state index in [9.17, 15) is 10.1 Å². The molecule has 14 heavy (non-hydrogen) atoms. The van der Waals surface area contributed by atoms with Crippen molar-refractivity contribution < 1.29 is 4.92 Å². The van der Waals surface area contributed by atoms with Gasteiger partial charge in [-0.25, -0.2) is 0 Å². The summed E-state index contributed by atoms with van der Waals surface area (Å²) in [7, 11) is 0. The highest BCUT2D eigenvalue weighted by molar-refractivity contribution is 6.33. The molecule has 72 valence electrons. The molecule has 0 N–H and O–H groups in total. The molecule has 0 heterocycles. The van der Waals surface area contributed by atoms with Crippen molar-refractivity contribution in [3.63, 3.8) is 0 Å². The quantitative estimate of drug-likeness (QED) is 0.557. The number of rotatable bonds is 2. The number of benzene rings is 1. The third kappa shape index (κ3) is 1.83. The van der Waals surface area contributed by atoms with Crippen LogP contribution in [-0.2, 0) is 6.42 Å². The fraction of sp³-hybridized carbons (Fsp3) is 0.222. The second-order valence-electron chi connectivity index (χ2n) is 2.80. The van der Waals surface area contributed by atoms with E-state index in [-0.39, 0.29) is 17.1 Å². The van der Waals surface area contributed by atoms with E-state index in [1.54, 1.807) is 19.1 Å². The Labute approximate surface area is 85.9 Å². The summed E-state index contributed by atoms with van der Waals surface area (Å²) in [4.78, 5) is 10.1. The van der Waals surface area contributed by atoms with Crippen LogP contribution in [0.3, 0.4) is 0 Å². The van der Waals surface area contributed by atoms with E-state index >= 15 is 0 Å². The Balaban J connectivity index is 3.35. The van der Waals surface area contributed by atoms with Crippen molar-refractivity contribution in [2.24, 2.45) is 0 Å². The summed E-state index contributed by atoms with van der Waals surface area (Å²) in [5.41, 5.74) is 0.882. The van der Waals surface area contributed by atoms with Crippen LogP contribution < -0.4 is 0 Å². The minimum absolute atomic E-state index is 0.0663. The van der Waals surface area contributed by atoms with Crippen molar-refractivity contribution in [2.45, 2.75) is 13.3 Å². The standard InChI is InChI=1S/C9H7ClN2O2/c1-6-2-3-7(4-5-11)8(10)9(6)12(13)14/h2-3H,4H2,1H3. The van der Waals surface area contributed by atoms with Gasteiger partial charge in [-0.2, -0.15) is 5.26 Å². The third-order valence-corrected chi connectivity index (χ3v) is 2.27. The van der Waals surface area contributed by atoms with Gasteiger partial charge in [0.15, 0.2) is 0 Å². The average Bonchev–Trinajstić information content (AvgIpc) is 2.10. The lowest BCUT2D eigenvalue weighted by Gasteiger charge is -2.02. The molecule has 0 saturated carbocycles. The van der Waals surface area contributed by atoms with Gasteiger partial charge in [-0.1, -0.05) is 23.7 Å². The predicted molar refractivity (Wildman–Crippen MR) is 52.2 cm³/mol.